The number of fused-ring (bicyclic) bond motifs is 3. The predicted octanol–water partition coefficient (Wildman–Crippen LogP) is 6.26. The molecule has 5 heteroatoms. The number of aryl methyl sites for hydroxylation is 1. The van der Waals surface area contributed by atoms with Crippen LogP contribution in [0, 0.1) is 22.5 Å². The average molecular weight is 412 g/mol. The quantitative estimate of drug-likeness (QED) is 0.398. The summed E-state index contributed by atoms with van der Waals surface area (Å²) in [6, 6.07) is 17.6. The molecule has 0 radical (unpaired) electrons. The van der Waals surface area contributed by atoms with Crippen molar-refractivity contribution < 1.29 is 9.72 Å². The fraction of sp³-hybridized carbons (Fsp3) is 0.269. The minimum absolute atomic E-state index is 0.0866. The van der Waals surface area contributed by atoms with Crippen LogP contribution in [-0.4, -0.2) is 10.7 Å². The van der Waals surface area contributed by atoms with Crippen LogP contribution < -0.4 is 5.32 Å². The van der Waals surface area contributed by atoms with Crippen LogP contribution in [0.25, 0.3) is 10.8 Å². The Bertz CT molecular complexity index is 1300. The number of hydrogen-bond donors (Lipinski definition) is 1. The van der Waals surface area contributed by atoms with Crippen molar-refractivity contribution in [2.45, 2.75) is 39.5 Å². The molecular formula is C26H24N2O3. The minimum atomic E-state index is -0.342. The van der Waals surface area contributed by atoms with Gasteiger partial charge in [0.05, 0.1) is 4.92 Å². The van der Waals surface area contributed by atoms with E-state index in [1.807, 2.05) is 18.2 Å². The summed E-state index contributed by atoms with van der Waals surface area (Å²) in [6.45, 7) is 5.96. The van der Waals surface area contributed by atoms with Crippen LogP contribution in [0.4, 0.5) is 11.4 Å². The fourth-order valence-electron chi connectivity index (χ4n) is 5.14. The number of nitrogens with one attached hydrogen (secondary N) is 1. The molecule has 3 aromatic carbocycles. The van der Waals surface area contributed by atoms with E-state index in [9.17, 15) is 14.9 Å². The Kier molecular flexibility index (Phi) is 4.26. The highest BCUT2D eigenvalue weighted by Crippen LogP contribution is 2.51. The van der Waals surface area contributed by atoms with Gasteiger partial charge in [-0.2, -0.15) is 0 Å². The summed E-state index contributed by atoms with van der Waals surface area (Å²) in [6.07, 6.45) is 1.24. The number of Topliss-reactive ketones (excluding diaryl/α,β-unsaturated/α-hetero) is 1. The first kappa shape index (κ1) is 19.5. The van der Waals surface area contributed by atoms with E-state index in [1.165, 1.54) is 0 Å². The standard InChI is InChI=1S/C26H24N2O3/c1-15-8-9-17(12-21(15)28(30)31)23-24-18-7-5-4-6-16(18)10-11-19(24)27-20-13-26(2,3)14-22(29)25(20)23/h4-12,23,27H,13-14H2,1-3H3. The SMILES string of the molecule is Cc1ccc(C2C3=C(CC(C)(C)CC3=O)Nc3ccc4ccccc4c32)cc1[N+](=O)[O-]. The maximum Gasteiger partial charge on any atom is 0.272 e. The summed E-state index contributed by atoms with van der Waals surface area (Å²) in [4.78, 5) is 24.7. The van der Waals surface area contributed by atoms with Crippen molar-refractivity contribution in [3.63, 3.8) is 0 Å². The molecule has 3 aromatic rings. The zero-order valence-corrected chi connectivity index (χ0v) is 17.9. The van der Waals surface area contributed by atoms with Crippen molar-refractivity contribution in [2.75, 3.05) is 5.32 Å². The molecular weight excluding hydrogens is 388 g/mol. The summed E-state index contributed by atoms with van der Waals surface area (Å²) in [5.41, 5.74) is 5.05. The molecule has 0 aromatic heterocycles. The number of carbonyl (C=O) groups is 1. The first-order chi connectivity index (χ1) is 14.7. The van der Waals surface area contributed by atoms with Gasteiger partial charge in [0, 0.05) is 40.9 Å². The second-order valence-electron chi connectivity index (χ2n) is 9.44. The number of rotatable bonds is 2. The molecule has 1 heterocycles. The Morgan fingerprint density at radius 3 is 2.61 bits per heavy atom. The molecule has 1 N–H and O–H groups in total. The number of ketones is 1. The minimum Gasteiger partial charge on any atom is -0.358 e. The molecule has 2 aliphatic rings. The van der Waals surface area contributed by atoms with Crippen LogP contribution in [0.1, 0.15) is 49.3 Å². The number of nitro benzene ring substituents is 1. The summed E-state index contributed by atoms with van der Waals surface area (Å²) < 4.78 is 0. The molecule has 1 atom stereocenters. The summed E-state index contributed by atoms with van der Waals surface area (Å²) in [5, 5.41) is 17.4. The first-order valence-corrected chi connectivity index (χ1v) is 10.5. The first-order valence-electron chi connectivity index (χ1n) is 10.5. The van der Waals surface area contributed by atoms with Gasteiger partial charge < -0.3 is 5.32 Å². The molecule has 156 valence electrons. The van der Waals surface area contributed by atoms with Gasteiger partial charge in [-0.15, -0.1) is 0 Å². The van der Waals surface area contributed by atoms with E-state index in [1.54, 1.807) is 19.1 Å². The smallest absolute Gasteiger partial charge is 0.272 e. The van der Waals surface area contributed by atoms with Gasteiger partial charge >= 0.3 is 0 Å². The molecule has 0 amide bonds. The van der Waals surface area contributed by atoms with E-state index in [2.05, 4.69) is 43.4 Å². The lowest BCUT2D eigenvalue weighted by molar-refractivity contribution is -0.385. The Labute approximate surface area is 180 Å². The van der Waals surface area contributed by atoms with Crippen molar-refractivity contribution in [3.8, 4) is 0 Å². The molecule has 5 rings (SSSR count). The highest BCUT2D eigenvalue weighted by atomic mass is 16.6. The Balaban J connectivity index is 1.83. The number of anilines is 1. The van der Waals surface area contributed by atoms with Gasteiger partial charge in [-0.25, -0.2) is 0 Å². The molecule has 0 fully saturated rings. The van der Waals surface area contributed by atoms with Crippen LogP contribution in [0.15, 0.2) is 65.9 Å². The molecule has 31 heavy (non-hydrogen) atoms. The van der Waals surface area contributed by atoms with Crippen LogP contribution in [-0.2, 0) is 4.79 Å². The average Bonchev–Trinajstić information content (AvgIpc) is 2.71. The maximum atomic E-state index is 13.4. The van der Waals surface area contributed by atoms with Crippen LogP contribution in [0.2, 0.25) is 0 Å². The van der Waals surface area contributed by atoms with Gasteiger partial charge in [-0.1, -0.05) is 56.3 Å². The van der Waals surface area contributed by atoms with Gasteiger partial charge in [-0.3, -0.25) is 14.9 Å². The van der Waals surface area contributed by atoms with Crippen molar-refractivity contribution in [3.05, 3.63) is 92.7 Å². The van der Waals surface area contributed by atoms with Crippen molar-refractivity contribution >= 4 is 27.9 Å². The van der Waals surface area contributed by atoms with E-state index in [0.29, 0.717) is 12.0 Å². The third-order valence-corrected chi connectivity index (χ3v) is 6.52. The van der Waals surface area contributed by atoms with E-state index in [-0.39, 0.29) is 27.7 Å². The summed E-state index contributed by atoms with van der Waals surface area (Å²) in [5.74, 6) is -0.217. The number of nitro groups is 1. The second kappa shape index (κ2) is 6.77. The predicted molar refractivity (Wildman–Crippen MR) is 122 cm³/mol. The molecule has 0 saturated heterocycles. The molecule has 0 saturated carbocycles. The molecule has 1 unspecified atom stereocenters. The normalized spacial score (nSPS) is 19.6. The lowest BCUT2D eigenvalue weighted by atomic mass is 9.68. The van der Waals surface area contributed by atoms with Crippen molar-refractivity contribution in [1.29, 1.82) is 0 Å². The van der Waals surface area contributed by atoms with Crippen LogP contribution >= 0.6 is 0 Å². The highest BCUT2D eigenvalue weighted by molar-refractivity contribution is 6.04. The van der Waals surface area contributed by atoms with Crippen LogP contribution in [0.3, 0.4) is 0 Å². The van der Waals surface area contributed by atoms with Crippen molar-refractivity contribution in [2.24, 2.45) is 5.41 Å². The number of allylic oxidation sites excluding steroid dienone is 2. The van der Waals surface area contributed by atoms with E-state index in [0.717, 1.165) is 45.3 Å². The van der Waals surface area contributed by atoms with Gasteiger partial charge in [0.2, 0.25) is 0 Å². The van der Waals surface area contributed by atoms with Gasteiger partial charge in [0.15, 0.2) is 5.78 Å². The second-order valence-corrected chi connectivity index (χ2v) is 9.44. The topological polar surface area (TPSA) is 72.2 Å². The van der Waals surface area contributed by atoms with Gasteiger partial charge in [0.1, 0.15) is 0 Å². The molecule has 1 aliphatic carbocycles. The zero-order chi connectivity index (χ0) is 21.9. The molecule has 0 bridgehead atoms. The molecule has 5 nitrogen and oxygen atoms in total. The van der Waals surface area contributed by atoms with Gasteiger partial charge in [-0.05, 0) is 46.7 Å². The Morgan fingerprint density at radius 2 is 1.84 bits per heavy atom. The largest absolute Gasteiger partial charge is 0.358 e. The highest BCUT2D eigenvalue weighted by Gasteiger charge is 2.41. The summed E-state index contributed by atoms with van der Waals surface area (Å²) >= 11 is 0. The zero-order valence-electron chi connectivity index (χ0n) is 17.9. The van der Waals surface area contributed by atoms with Crippen molar-refractivity contribution in [1.82, 2.24) is 0 Å². The van der Waals surface area contributed by atoms with E-state index in [4.69, 9.17) is 0 Å². The Hall–Kier alpha value is -3.47. The number of benzene rings is 3. The Morgan fingerprint density at radius 1 is 1.06 bits per heavy atom. The van der Waals surface area contributed by atoms with E-state index >= 15 is 0 Å². The molecule has 0 spiro atoms. The lowest BCUT2D eigenvalue weighted by Gasteiger charge is -2.40. The molecule has 1 aliphatic heterocycles. The third kappa shape index (κ3) is 3.12. The monoisotopic (exact) mass is 412 g/mol. The maximum absolute atomic E-state index is 13.4. The fourth-order valence-corrected chi connectivity index (χ4v) is 5.14. The lowest BCUT2D eigenvalue weighted by Crippen LogP contribution is -2.33. The third-order valence-electron chi connectivity index (χ3n) is 6.52. The summed E-state index contributed by atoms with van der Waals surface area (Å²) in [7, 11) is 0. The van der Waals surface area contributed by atoms with Crippen LogP contribution in [0.5, 0.6) is 0 Å². The van der Waals surface area contributed by atoms with Gasteiger partial charge in [0.25, 0.3) is 5.69 Å². The number of carbonyl (C=O) groups excluding carboxylic acids is 1. The number of hydrogen-bond acceptors (Lipinski definition) is 4. The van der Waals surface area contributed by atoms with E-state index < -0.39 is 0 Å². The number of nitrogens with zero attached hydrogens (tertiary/aromatic N) is 1.